The normalized spacial score (nSPS) is 22.1. The molecule has 2 saturated heterocycles. The third kappa shape index (κ3) is 3.46. The molecule has 1 spiro atoms. The second kappa shape index (κ2) is 6.60. The molecule has 4 heteroatoms. The van der Waals surface area contributed by atoms with Gasteiger partial charge in [-0.25, -0.2) is 0 Å². The maximum atomic E-state index is 5.75. The van der Waals surface area contributed by atoms with Crippen LogP contribution in [0.4, 0.5) is 0 Å². The zero-order valence-electron chi connectivity index (χ0n) is 12.6. The average molecular weight is 289 g/mol. The maximum absolute atomic E-state index is 5.75. The van der Waals surface area contributed by atoms with Gasteiger partial charge >= 0.3 is 0 Å². The summed E-state index contributed by atoms with van der Waals surface area (Å²) in [5.74, 6) is 0.641. The Kier molecular flexibility index (Phi) is 4.58. The summed E-state index contributed by atoms with van der Waals surface area (Å²) >= 11 is 0. The lowest BCUT2D eigenvalue weighted by molar-refractivity contribution is -0.184. The molecule has 2 fully saturated rings. The topological polar surface area (TPSA) is 30.9 Å². The molecule has 0 aromatic heterocycles. The summed E-state index contributed by atoms with van der Waals surface area (Å²) in [5, 5.41) is 0. The van der Waals surface area contributed by atoms with Crippen LogP contribution in [-0.2, 0) is 9.47 Å². The fourth-order valence-corrected chi connectivity index (χ4v) is 2.99. The van der Waals surface area contributed by atoms with E-state index in [-0.39, 0.29) is 5.79 Å². The van der Waals surface area contributed by atoms with E-state index in [1.807, 2.05) is 18.2 Å². The molecule has 0 atom stereocenters. The van der Waals surface area contributed by atoms with Crippen LogP contribution in [0.5, 0.6) is 5.75 Å². The Balaban J connectivity index is 1.51. The fourth-order valence-electron chi connectivity index (χ4n) is 2.99. The standard InChI is InChI=1S/C17H23NO3/c1-19-16-7-3-2-5-15(16)6-4-10-18-11-8-17(9-12-18)20-13-14-21-17/h2-7H,8-14H2,1H3. The van der Waals surface area contributed by atoms with Gasteiger partial charge < -0.3 is 14.2 Å². The largest absolute Gasteiger partial charge is 0.496 e. The first-order chi connectivity index (χ1) is 10.3. The fraction of sp³-hybridized carbons (Fsp3) is 0.529. The van der Waals surface area contributed by atoms with E-state index in [0.29, 0.717) is 0 Å². The number of piperidine rings is 1. The molecule has 114 valence electrons. The minimum Gasteiger partial charge on any atom is -0.496 e. The molecule has 1 aromatic carbocycles. The summed E-state index contributed by atoms with van der Waals surface area (Å²) in [6.45, 7) is 4.49. The second-order valence-electron chi connectivity index (χ2n) is 5.55. The highest BCUT2D eigenvalue weighted by Crippen LogP contribution is 2.31. The summed E-state index contributed by atoms with van der Waals surface area (Å²) in [7, 11) is 1.71. The molecule has 0 radical (unpaired) electrons. The first-order valence-corrected chi connectivity index (χ1v) is 7.61. The molecular weight excluding hydrogens is 266 g/mol. The number of methoxy groups -OCH3 is 1. The number of nitrogens with zero attached hydrogens (tertiary/aromatic N) is 1. The summed E-state index contributed by atoms with van der Waals surface area (Å²) < 4.78 is 16.9. The lowest BCUT2D eigenvalue weighted by Crippen LogP contribution is -2.45. The van der Waals surface area contributed by atoms with Crippen molar-refractivity contribution in [1.29, 1.82) is 0 Å². The maximum Gasteiger partial charge on any atom is 0.170 e. The van der Waals surface area contributed by atoms with Crippen molar-refractivity contribution in [1.82, 2.24) is 4.90 Å². The molecular formula is C17H23NO3. The minimum absolute atomic E-state index is 0.275. The van der Waals surface area contributed by atoms with E-state index in [1.54, 1.807) is 7.11 Å². The van der Waals surface area contributed by atoms with Crippen molar-refractivity contribution in [2.75, 3.05) is 40.0 Å². The average Bonchev–Trinajstić information content (AvgIpc) is 2.98. The smallest absolute Gasteiger partial charge is 0.170 e. The van der Waals surface area contributed by atoms with Gasteiger partial charge in [0.15, 0.2) is 5.79 Å². The van der Waals surface area contributed by atoms with Gasteiger partial charge in [0.1, 0.15) is 5.75 Å². The third-order valence-electron chi connectivity index (χ3n) is 4.23. The van der Waals surface area contributed by atoms with Crippen molar-refractivity contribution in [3.8, 4) is 5.75 Å². The molecule has 2 aliphatic heterocycles. The molecule has 0 unspecified atom stereocenters. The highest BCUT2D eigenvalue weighted by atomic mass is 16.7. The lowest BCUT2D eigenvalue weighted by Gasteiger charge is -2.37. The van der Waals surface area contributed by atoms with E-state index < -0.39 is 0 Å². The van der Waals surface area contributed by atoms with Crippen LogP contribution in [0, 0.1) is 0 Å². The molecule has 0 amide bonds. The Labute approximate surface area is 126 Å². The number of ether oxygens (including phenoxy) is 3. The number of likely N-dealkylation sites (tertiary alicyclic amines) is 1. The van der Waals surface area contributed by atoms with Crippen LogP contribution >= 0.6 is 0 Å². The van der Waals surface area contributed by atoms with Crippen LogP contribution in [0.3, 0.4) is 0 Å². The zero-order chi connectivity index (χ0) is 14.5. The van der Waals surface area contributed by atoms with Crippen molar-refractivity contribution in [3.05, 3.63) is 35.9 Å². The highest BCUT2D eigenvalue weighted by Gasteiger charge is 2.39. The van der Waals surface area contributed by atoms with Crippen molar-refractivity contribution < 1.29 is 14.2 Å². The van der Waals surface area contributed by atoms with E-state index in [2.05, 4.69) is 23.1 Å². The van der Waals surface area contributed by atoms with Crippen LogP contribution in [0.1, 0.15) is 18.4 Å². The molecule has 4 nitrogen and oxygen atoms in total. The van der Waals surface area contributed by atoms with Crippen LogP contribution in [0.2, 0.25) is 0 Å². The third-order valence-corrected chi connectivity index (χ3v) is 4.23. The molecule has 3 rings (SSSR count). The Morgan fingerprint density at radius 1 is 1.19 bits per heavy atom. The predicted octanol–water partition coefficient (Wildman–Crippen LogP) is 2.55. The van der Waals surface area contributed by atoms with Crippen LogP contribution < -0.4 is 4.74 Å². The Morgan fingerprint density at radius 2 is 1.90 bits per heavy atom. The first-order valence-electron chi connectivity index (χ1n) is 7.61. The van der Waals surface area contributed by atoms with E-state index >= 15 is 0 Å². The van der Waals surface area contributed by atoms with Gasteiger partial charge in [-0.15, -0.1) is 0 Å². The number of rotatable bonds is 4. The summed E-state index contributed by atoms with van der Waals surface area (Å²) in [5.41, 5.74) is 1.12. The van der Waals surface area contributed by atoms with Crippen LogP contribution in [-0.4, -0.2) is 50.6 Å². The molecule has 21 heavy (non-hydrogen) atoms. The highest BCUT2D eigenvalue weighted by molar-refractivity contribution is 5.57. The van der Waals surface area contributed by atoms with Gasteiger partial charge in [-0.1, -0.05) is 30.4 Å². The SMILES string of the molecule is COc1ccccc1C=CCN1CCC2(CC1)OCCO2. The molecule has 0 aliphatic carbocycles. The first kappa shape index (κ1) is 14.6. The molecule has 0 bridgehead atoms. The van der Waals surface area contributed by atoms with Gasteiger partial charge in [0.05, 0.1) is 20.3 Å². The van der Waals surface area contributed by atoms with Gasteiger partial charge in [0, 0.05) is 38.0 Å². The van der Waals surface area contributed by atoms with Crippen molar-refractivity contribution in [2.45, 2.75) is 18.6 Å². The Morgan fingerprint density at radius 3 is 2.62 bits per heavy atom. The van der Waals surface area contributed by atoms with Crippen molar-refractivity contribution in [3.63, 3.8) is 0 Å². The minimum atomic E-state index is -0.275. The van der Waals surface area contributed by atoms with Crippen molar-refractivity contribution >= 4 is 6.08 Å². The summed E-state index contributed by atoms with van der Waals surface area (Å²) in [4.78, 5) is 2.43. The van der Waals surface area contributed by atoms with Crippen LogP contribution in [0.15, 0.2) is 30.3 Å². The second-order valence-corrected chi connectivity index (χ2v) is 5.55. The van der Waals surface area contributed by atoms with E-state index in [0.717, 1.165) is 57.0 Å². The predicted molar refractivity (Wildman–Crippen MR) is 82.3 cm³/mol. The quantitative estimate of drug-likeness (QED) is 0.852. The molecule has 0 N–H and O–H groups in total. The Hall–Kier alpha value is -1.36. The molecule has 0 saturated carbocycles. The molecule has 1 aromatic rings. The molecule has 2 aliphatic rings. The van der Waals surface area contributed by atoms with Crippen molar-refractivity contribution in [2.24, 2.45) is 0 Å². The van der Waals surface area contributed by atoms with Gasteiger partial charge in [-0.2, -0.15) is 0 Å². The van der Waals surface area contributed by atoms with Gasteiger partial charge in [0.25, 0.3) is 0 Å². The summed E-state index contributed by atoms with van der Waals surface area (Å²) in [6.07, 6.45) is 6.27. The van der Waals surface area contributed by atoms with E-state index in [9.17, 15) is 0 Å². The van der Waals surface area contributed by atoms with Gasteiger partial charge in [-0.05, 0) is 6.07 Å². The number of para-hydroxylation sites is 1. The monoisotopic (exact) mass is 289 g/mol. The zero-order valence-corrected chi connectivity index (χ0v) is 12.6. The van der Waals surface area contributed by atoms with E-state index in [1.165, 1.54) is 0 Å². The Bertz CT molecular complexity index is 485. The van der Waals surface area contributed by atoms with Crippen LogP contribution in [0.25, 0.3) is 6.08 Å². The van der Waals surface area contributed by atoms with Gasteiger partial charge in [-0.3, -0.25) is 4.90 Å². The van der Waals surface area contributed by atoms with E-state index in [4.69, 9.17) is 14.2 Å². The van der Waals surface area contributed by atoms with Gasteiger partial charge in [0.2, 0.25) is 0 Å². The summed E-state index contributed by atoms with van der Waals surface area (Å²) in [6, 6.07) is 8.07. The molecule has 2 heterocycles. The number of benzene rings is 1. The number of hydrogen-bond donors (Lipinski definition) is 0. The lowest BCUT2D eigenvalue weighted by atomic mass is 10.0. The number of hydrogen-bond acceptors (Lipinski definition) is 4.